The van der Waals surface area contributed by atoms with Crippen LogP contribution in [-0.4, -0.2) is 66.3 Å². The minimum Gasteiger partial charge on any atom is -0.457 e. The van der Waals surface area contributed by atoms with Gasteiger partial charge in [0.1, 0.15) is 12.2 Å². The highest BCUT2D eigenvalue weighted by atomic mass is 31.2. The smallest absolute Gasteiger partial charge is 0.457 e. The van der Waals surface area contributed by atoms with E-state index in [0.29, 0.717) is 13.0 Å². The number of rotatable bonds is 36. The zero-order valence-corrected chi connectivity index (χ0v) is 31.8. The summed E-state index contributed by atoms with van der Waals surface area (Å²) in [5.74, 6) is -0.402. The average Bonchev–Trinajstić information content (AvgIpc) is 3.09. The molecule has 0 aliphatic heterocycles. The molecule has 0 rings (SSSR count). The largest absolute Gasteiger partial charge is 0.472 e. The number of aliphatic hydroxyl groups is 2. The van der Waals surface area contributed by atoms with Crippen LogP contribution in [0.1, 0.15) is 149 Å². The molecule has 0 spiro atoms. The summed E-state index contributed by atoms with van der Waals surface area (Å²) in [6.07, 6.45) is 37.8. The number of phosphoric acid groups is 1. The molecular weight excluding hydrogens is 643 g/mol. The molecule has 49 heavy (non-hydrogen) atoms. The molecule has 0 aromatic carbocycles. The van der Waals surface area contributed by atoms with E-state index >= 15 is 0 Å². The van der Waals surface area contributed by atoms with Crippen LogP contribution in [0.3, 0.4) is 0 Å². The number of aliphatic hydroxyl groups excluding tert-OH is 2. The maximum atomic E-state index is 12.5. The quantitative estimate of drug-likeness (QED) is 0.0251. The molecule has 0 amide bonds. The molecule has 0 aliphatic carbocycles. The van der Waals surface area contributed by atoms with E-state index in [2.05, 4.69) is 62.5 Å². The molecule has 3 atom stereocenters. The van der Waals surface area contributed by atoms with Gasteiger partial charge >= 0.3 is 13.8 Å². The van der Waals surface area contributed by atoms with Crippen LogP contribution in [0.4, 0.5) is 0 Å². The molecular formula is C39H71O9P. The van der Waals surface area contributed by atoms with E-state index in [0.717, 1.165) is 83.5 Å². The molecule has 0 radical (unpaired) electrons. The minimum atomic E-state index is -4.52. The lowest BCUT2D eigenvalue weighted by atomic mass is 10.1. The number of carbonyl (C=O) groups excluding carboxylic acids is 1. The first kappa shape index (κ1) is 47.4. The van der Waals surface area contributed by atoms with Gasteiger partial charge < -0.3 is 24.6 Å². The molecule has 286 valence electrons. The van der Waals surface area contributed by atoms with E-state index in [4.69, 9.17) is 23.6 Å². The Morgan fingerprint density at radius 1 is 0.653 bits per heavy atom. The summed E-state index contributed by atoms with van der Waals surface area (Å²) in [6.45, 7) is 3.31. The molecule has 0 bridgehead atoms. The van der Waals surface area contributed by atoms with Crippen molar-refractivity contribution in [3.8, 4) is 0 Å². The summed E-state index contributed by atoms with van der Waals surface area (Å²) >= 11 is 0. The first-order chi connectivity index (χ1) is 23.8. The molecule has 0 saturated carbocycles. The summed E-state index contributed by atoms with van der Waals surface area (Å²) in [6, 6.07) is 0. The second-order valence-corrected chi connectivity index (χ2v) is 14.0. The Hall–Kier alpha value is -1.58. The Morgan fingerprint density at radius 2 is 1.16 bits per heavy atom. The molecule has 0 aromatic rings. The molecule has 9 nitrogen and oxygen atoms in total. The summed E-state index contributed by atoms with van der Waals surface area (Å²) in [5.41, 5.74) is 0. The van der Waals surface area contributed by atoms with Crippen LogP contribution in [0.5, 0.6) is 0 Å². The lowest BCUT2D eigenvalue weighted by Gasteiger charge is -2.20. The maximum Gasteiger partial charge on any atom is 0.472 e. The number of phosphoric ester groups is 1. The molecule has 0 heterocycles. The van der Waals surface area contributed by atoms with Crippen molar-refractivity contribution in [2.24, 2.45) is 0 Å². The Morgan fingerprint density at radius 3 is 1.78 bits per heavy atom. The van der Waals surface area contributed by atoms with Gasteiger partial charge in [0, 0.05) is 13.0 Å². The van der Waals surface area contributed by atoms with Gasteiger partial charge in [0.25, 0.3) is 0 Å². The van der Waals surface area contributed by atoms with Gasteiger partial charge in [-0.05, 0) is 70.6 Å². The predicted octanol–water partition coefficient (Wildman–Crippen LogP) is 9.86. The minimum absolute atomic E-state index is 0.0295. The standard InChI is InChI=1S/C39H71O9P/c1-3-5-7-9-11-13-15-17-19-21-23-25-27-29-31-39(42)48-38(36-47-49(43,44)46-34-37(41)33-40)35-45-32-30-28-26-24-22-20-18-16-14-12-10-8-6-4-2/h6,8,12,14-15,17-18,20,37-38,40-41H,3-5,7,9-11,13,16,19,21-36H2,1-2H3,(H,43,44)/b8-6-,14-12-,17-15-,20-18-. The van der Waals surface area contributed by atoms with E-state index in [9.17, 15) is 19.4 Å². The summed E-state index contributed by atoms with van der Waals surface area (Å²) in [7, 11) is -4.52. The highest BCUT2D eigenvalue weighted by Gasteiger charge is 2.26. The van der Waals surface area contributed by atoms with Crippen molar-refractivity contribution in [1.82, 2.24) is 0 Å². The Labute approximate surface area is 298 Å². The number of ether oxygens (including phenoxy) is 2. The second-order valence-electron chi connectivity index (χ2n) is 12.6. The van der Waals surface area contributed by atoms with Crippen molar-refractivity contribution in [3.63, 3.8) is 0 Å². The van der Waals surface area contributed by atoms with Crippen LogP contribution in [0.25, 0.3) is 0 Å². The topological polar surface area (TPSA) is 132 Å². The Bertz CT molecular complexity index is 903. The van der Waals surface area contributed by atoms with Crippen LogP contribution < -0.4 is 0 Å². The monoisotopic (exact) mass is 714 g/mol. The van der Waals surface area contributed by atoms with Gasteiger partial charge in [-0.2, -0.15) is 0 Å². The molecule has 0 fully saturated rings. The Kier molecular flexibility index (Phi) is 35.1. The normalized spacial score (nSPS) is 14.8. The number of carbonyl (C=O) groups is 1. The van der Waals surface area contributed by atoms with Crippen LogP contribution >= 0.6 is 7.82 Å². The van der Waals surface area contributed by atoms with E-state index in [1.165, 1.54) is 38.5 Å². The number of hydrogen-bond acceptors (Lipinski definition) is 8. The zero-order chi connectivity index (χ0) is 36.1. The highest BCUT2D eigenvalue weighted by Crippen LogP contribution is 2.43. The first-order valence-corrected chi connectivity index (χ1v) is 20.6. The van der Waals surface area contributed by atoms with E-state index in [1.807, 2.05) is 0 Å². The van der Waals surface area contributed by atoms with E-state index < -0.39 is 45.8 Å². The Balaban J connectivity index is 4.30. The third-order valence-corrected chi connectivity index (χ3v) is 8.70. The van der Waals surface area contributed by atoms with Crippen molar-refractivity contribution >= 4 is 13.8 Å². The average molecular weight is 715 g/mol. The van der Waals surface area contributed by atoms with Crippen molar-refractivity contribution in [2.45, 2.75) is 161 Å². The van der Waals surface area contributed by atoms with Crippen LogP contribution in [0.2, 0.25) is 0 Å². The summed E-state index contributed by atoms with van der Waals surface area (Å²) < 4.78 is 33.2. The number of allylic oxidation sites excluding steroid dienone is 8. The third-order valence-electron chi connectivity index (χ3n) is 7.75. The number of esters is 1. The maximum absolute atomic E-state index is 12.5. The van der Waals surface area contributed by atoms with Crippen LogP contribution in [0.15, 0.2) is 48.6 Å². The molecule has 0 aromatic heterocycles. The molecule has 0 saturated heterocycles. The SMILES string of the molecule is CC/C=C\C/C=C\C/C=C\CCCCCCOCC(COP(=O)(O)OCC(O)CO)OC(=O)CCCCCCC/C=C\CCCCCCC. The fourth-order valence-corrected chi connectivity index (χ4v) is 5.62. The van der Waals surface area contributed by atoms with E-state index in [1.54, 1.807) is 0 Å². The van der Waals surface area contributed by atoms with Crippen molar-refractivity contribution < 1.29 is 43.0 Å². The number of hydrogen-bond donors (Lipinski definition) is 3. The molecule has 0 aliphatic rings. The lowest BCUT2D eigenvalue weighted by Crippen LogP contribution is -2.29. The van der Waals surface area contributed by atoms with Gasteiger partial charge in [0.05, 0.1) is 26.4 Å². The van der Waals surface area contributed by atoms with Crippen molar-refractivity contribution in [1.29, 1.82) is 0 Å². The fraction of sp³-hybridized carbons (Fsp3) is 0.769. The highest BCUT2D eigenvalue weighted by molar-refractivity contribution is 7.47. The van der Waals surface area contributed by atoms with Gasteiger partial charge in [-0.15, -0.1) is 0 Å². The van der Waals surface area contributed by atoms with Gasteiger partial charge in [-0.3, -0.25) is 13.8 Å². The first-order valence-electron chi connectivity index (χ1n) is 19.1. The van der Waals surface area contributed by atoms with Crippen LogP contribution in [0, 0.1) is 0 Å². The van der Waals surface area contributed by atoms with Gasteiger partial charge in [-0.25, -0.2) is 4.57 Å². The number of unbranched alkanes of at least 4 members (excludes halogenated alkanes) is 14. The van der Waals surface area contributed by atoms with Crippen molar-refractivity contribution in [2.75, 3.05) is 33.0 Å². The van der Waals surface area contributed by atoms with Crippen molar-refractivity contribution in [3.05, 3.63) is 48.6 Å². The molecule has 3 unspecified atom stereocenters. The lowest BCUT2D eigenvalue weighted by molar-refractivity contribution is -0.154. The van der Waals surface area contributed by atoms with E-state index in [-0.39, 0.29) is 13.0 Å². The van der Waals surface area contributed by atoms with Gasteiger partial charge in [0.2, 0.25) is 0 Å². The fourth-order valence-electron chi connectivity index (χ4n) is 4.83. The predicted molar refractivity (Wildman–Crippen MR) is 200 cm³/mol. The zero-order valence-electron chi connectivity index (χ0n) is 30.9. The van der Waals surface area contributed by atoms with Gasteiger partial charge in [0.15, 0.2) is 0 Å². The summed E-state index contributed by atoms with van der Waals surface area (Å²) in [5, 5.41) is 18.3. The molecule has 10 heteroatoms. The van der Waals surface area contributed by atoms with Gasteiger partial charge in [-0.1, -0.05) is 120 Å². The third kappa shape index (κ3) is 36.0. The summed E-state index contributed by atoms with van der Waals surface area (Å²) in [4.78, 5) is 22.5. The molecule has 3 N–H and O–H groups in total. The van der Waals surface area contributed by atoms with Crippen LogP contribution in [-0.2, 0) is 27.9 Å². The second kappa shape index (κ2) is 36.2.